The number of sulfonamides is 1. The van der Waals surface area contributed by atoms with Gasteiger partial charge < -0.3 is 16.0 Å². The van der Waals surface area contributed by atoms with Crippen molar-refractivity contribution in [3.63, 3.8) is 0 Å². The third kappa shape index (κ3) is 8.23. The highest BCUT2D eigenvalue weighted by Crippen LogP contribution is 2.28. The first-order valence-electron chi connectivity index (χ1n) is 15.5. The van der Waals surface area contributed by atoms with Crippen LogP contribution in [0.5, 0.6) is 0 Å². The molecule has 1 saturated heterocycles. The number of hydrogen-bond acceptors (Lipinski definition) is 6. The average Bonchev–Trinajstić information content (AvgIpc) is 3.46. The van der Waals surface area contributed by atoms with Crippen LogP contribution in [-0.4, -0.2) is 71.3 Å². The van der Waals surface area contributed by atoms with Gasteiger partial charge in [-0.3, -0.25) is 18.8 Å². The van der Waals surface area contributed by atoms with Crippen LogP contribution in [0.1, 0.15) is 84.2 Å². The number of hydrogen-bond donors (Lipinski definition) is 3. The van der Waals surface area contributed by atoms with Gasteiger partial charge in [-0.15, -0.1) is 0 Å². The zero-order valence-corrected chi connectivity index (χ0v) is 26.0. The maximum absolute atomic E-state index is 13.4. The molecule has 2 aliphatic rings. The van der Waals surface area contributed by atoms with E-state index in [1.165, 1.54) is 36.0 Å². The number of carbonyl (C=O) groups is 3. The zero-order chi connectivity index (χ0) is 31.1. The normalized spacial score (nSPS) is 18.9. The van der Waals surface area contributed by atoms with Crippen LogP contribution < -0.4 is 16.0 Å². The molecule has 12 heteroatoms. The maximum atomic E-state index is 13.4. The largest absolute Gasteiger partial charge is 0.350 e. The second kappa shape index (κ2) is 14.3. The summed E-state index contributed by atoms with van der Waals surface area (Å²) >= 11 is 0. The van der Waals surface area contributed by atoms with Crippen molar-refractivity contribution in [3.8, 4) is 0 Å². The van der Waals surface area contributed by atoms with E-state index < -0.39 is 16.1 Å². The van der Waals surface area contributed by atoms with Crippen LogP contribution in [0.25, 0.3) is 5.65 Å². The Labute approximate surface area is 258 Å². The van der Waals surface area contributed by atoms with Gasteiger partial charge in [-0.05, 0) is 61.4 Å². The second-order valence-electron chi connectivity index (χ2n) is 12.0. The summed E-state index contributed by atoms with van der Waals surface area (Å²) in [7, 11) is -3.34. The molecule has 3 amide bonds. The zero-order valence-electron chi connectivity index (χ0n) is 25.2. The van der Waals surface area contributed by atoms with Crippen LogP contribution in [0.15, 0.2) is 54.9 Å². The number of piperidine rings is 1. The molecule has 0 radical (unpaired) electrons. The van der Waals surface area contributed by atoms with E-state index in [1.54, 1.807) is 34.9 Å². The average molecular weight is 623 g/mol. The molecule has 11 nitrogen and oxygen atoms in total. The maximum Gasteiger partial charge on any atom is 0.270 e. The molecule has 1 aromatic carbocycles. The molecule has 0 bridgehead atoms. The Kier molecular flexibility index (Phi) is 10.3. The van der Waals surface area contributed by atoms with Crippen LogP contribution >= 0.6 is 0 Å². The number of carbonyl (C=O) groups excluding carboxylic acids is 3. The van der Waals surface area contributed by atoms with Gasteiger partial charge in [0.05, 0.1) is 12.5 Å². The molecule has 236 valence electrons. The fourth-order valence-corrected chi connectivity index (χ4v) is 7.11. The van der Waals surface area contributed by atoms with E-state index in [-0.39, 0.29) is 36.9 Å². The Morgan fingerprint density at radius 3 is 2.50 bits per heavy atom. The minimum Gasteiger partial charge on any atom is -0.350 e. The van der Waals surface area contributed by atoms with Gasteiger partial charge in [0.2, 0.25) is 15.9 Å². The lowest BCUT2D eigenvalue weighted by Gasteiger charge is -2.32. The molecule has 44 heavy (non-hydrogen) atoms. The van der Waals surface area contributed by atoms with Crippen molar-refractivity contribution in [2.45, 2.75) is 76.4 Å². The molecular formula is C32H42N6O5S. The van der Waals surface area contributed by atoms with Gasteiger partial charge in [-0.25, -0.2) is 17.7 Å². The number of pyridine rings is 1. The van der Waals surface area contributed by atoms with Crippen molar-refractivity contribution < 1.29 is 22.8 Å². The summed E-state index contributed by atoms with van der Waals surface area (Å²) in [5.41, 5.74) is 2.36. The van der Waals surface area contributed by atoms with Crippen LogP contribution in [0.4, 0.5) is 0 Å². The van der Waals surface area contributed by atoms with E-state index in [1.807, 2.05) is 18.2 Å². The number of rotatable bonds is 11. The number of nitrogens with zero attached hydrogens (tertiary/aromatic N) is 3. The fourth-order valence-electron chi connectivity index (χ4n) is 6.20. The van der Waals surface area contributed by atoms with Gasteiger partial charge in [0.1, 0.15) is 17.4 Å². The smallest absolute Gasteiger partial charge is 0.270 e. The molecule has 2 aromatic heterocycles. The molecule has 3 heterocycles. The highest BCUT2D eigenvalue weighted by molar-refractivity contribution is 7.88. The number of aromatic nitrogens is 2. The predicted octanol–water partition coefficient (Wildman–Crippen LogP) is 3.26. The van der Waals surface area contributed by atoms with E-state index in [0.717, 1.165) is 24.8 Å². The third-order valence-corrected chi connectivity index (χ3v) is 10.00. The first-order valence-corrected chi connectivity index (χ1v) is 17.4. The molecule has 0 spiro atoms. The van der Waals surface area contributed by atoms with Gasteiger partial charge >= 0.3 is 0 Å². The lowest BCUT2D eigenvalue weighted by molar-refractivity contribution is -0.124. The van der Waals surface area contributed by atoms with Crippen molar-refractivity contribution in [1.29, 1.82) is 0 Å². The number of benzene rings is 1. The Balaban J connectivity index is 1.19. The van der Waals surface area contributed by atoms with Gasteiger partial charge in [0, 0.05) is 37.4 Å². The molecule has 1 aliphatic heterocycles. The van der Waals surface area contributed by atoms with Gasteiger partial charge in [0.25, 0.3) is 11.8 Å². The first-order chi connectivity index (χ1) is 21.2. The summed E-state index contributed by atoms with van der Waals surface area (Å²) in [5, 5.41) is 8.86. The Morgan fingerprint density at radius 1 is 0.977 bits per heavy atom. The van der Waals surface area contributed by atoms with Crippen molar-refractivity contribution in [2.24, 2.45) is 5.92 Å². The van der Waals surface area contributed by atoms with E-state index in [0.29, 0.717) is 48.6 Å². The highest BCUT2D eigenvalue weighted by Gasteiger charge is 2.30. The van der Waals surface area contributed by atoms with E-state index in [4.69, 9.17) is 0 Å². The van der Waals surface area contributed by atoms with Crippen LogP contribution in [0.2, 0.25) is 0 Å². The van der Waals surface area contributed by atoms with Gasteiger partial charge in [-0.2, -0.15) is 0 Å². The van der Waals surface area contributed by atoms with Crippen molar-refractivity contribution >= 4 is 33.4 Å². The van der Waals surface area contributed by atoms with Crippen molar-refractivity contribution in [1.82, 2.24) is 29.6 Å². The topological polar surface area (TPSA) is 142 Å². The van der Waals surface area contributed by atoms with E-state index >= 15 is 0 Å². The van der Waals surface area contributed by atoms with Crippen molar-refractivity contribution in [3.05, 3.63) is 71.7 Å². The van der Waals surface area contributed by atoms with Crippen LogP contribution in [0.3, 0.4) is 0 Å². The summed E-state index contributed by atoms with van der Waals surface area (Å²) < 4.78 is 27.2. The molecule has 1 aliphatic carbocycles. The summed E-state index contributed by atoms with van der Waals surface area (Å²) in [6.45, 7) is 0.968. The quantitative estimate of drug-likeness (QED) is 0.300. The molecule has 0 unspecified atom stereocenters. The summed E-state index contributed by atoms with van der Waals surface area (Å²) in [6.07, 6.45) is 13.2. The second-order valence-corrected chi connectivity index (χ2v) is 14.0. The monoisotopic (exact) mass is 622 g/mol. The molecule has 3 N–H and O–H groups in total. The van der Waals surface area contributed by atoms with Crippen molar-refractivity contribution in [2.75, 3.05) is 19.3 Å². The number of fused-ring (bicyclic) bond motifs is 1. The van der Waals surface area contributed by atoms with Gasteiger partial charge in [0.15, 0.2) is 0 Å². The Hall–Kier alpha value is -3.77. The minimum absolute atomic E-state index is 0.239. The first kappa shape index (κ1) is 31.6. The fraction of sp³-hybridized carbons (Fsp3) is 0.500. The van der Waals surface area contributed by atoms with Crippen LogP contribution in [0, 0.1) is 5.92 Å². The number of nitrogens with one attached hydrogen (secondary N) is 3. The Morgan fingerprint density at radius 2 is 1.75 bits per heavy atom. The predicted molar refractivity (Wildman–Crippen MR) is 167 cm³/mol. The molecular weight excluding hydrogens is 580 g/mol. The van der Waals surface area contributed by atoms with E-state index in [9.17, 15) is 22.8 Å². The SMILES string of the molecule is CS(=O)(=O)N1CCC[C@H](NC(=O)[C@H](CCC2CCCCC2)NC(=O)c2ccc(CNC(=O)c3cnc4ccccn34)cc2)C1. The van der Waals surface area contributed by atoms with Crippen LogP contribution in [-0.2, 0) is 21.4 Å². The molecule has 2 fully saturated rings. The summed E-state index contributed by atoms with van der Waals surface area (Å²) in [4.78, 5) is 43.7. The lowest BCUT2D eigenvalue weighted by atomic mass is 9.85. The standard InChI is InChI=1S/C32H42N6O5S/c1-44(42,43)37-18-7-10-26(22-37)35-31(40)27(17-14-23-8-3-2-4-9-23)36-30(39)25-15-12-24(13-16-25)20-34-32(41)28-21-33-29-11-5-6-19-38(28)29/h5-6,11-13,15-16,19,21,23,26-27H,2-4,7-10,14,17-18,20,22H2,1H3,(H,34,41)(H,35,40)(H,36,39)/t26-,27-/m0/s1. The summed E-state index contributed by atoms with van der Waals surface area (Å²) in [5.74, 6) is -0.339. The highest BCUT2D eigenvalue weighted by atomic mass is 32.2. The Bertz CT molecular complexity index is 1570. The molecule has 3 aromatic rings. The summed E-state index contributed by atoms with van der Waals surface area (Å²) in [6, 6.07) is 11.4. The van der Waals surface area contributed by atoms with Gasteiger partial charge in [-0.1, -0.05) is 50.3 Å². The molecule has 5 rings (SSSR count). The number of imidazole rings is 1. The minimum atomic E-state index is -3.34. The lowest BCUT2D eigenvalue weighted by Crippen LogP contribution is -2.54. The number of amides is 3. The molecule has 2 atom stereocenters. The van der Waals surface area contributed by atoms with E-state index in [2.05, 4.69) is 20.9 Å². The molecule has 1 saturated carbocycles. The third-order valence-electron chi connectivity index (χ3n) is 8.73.